The van der Waals surface area contributed by atoms with E-state index in [9.17, 15) is 4.39 Å². The number of halogens is 1. The fraction of sp³-hybridized carbons (Fsp3) is 0.0667. The molecular weight excluding hydrogens is 241 g/mol. The van der Waals surface area contributed by atoms with Crippen LogP contribution in [0.5, 0.6) is 0 Å². The van der Waals surface area contributed by atoms with Gasteiger partial charge < -0.3 is 0 Å². The lowest BCUT2D eigenvalue weighted by Gasteiger charge is -2.04. The minimum atomic E-state index is -0.489. The van der Waals surface area contributed by atoms with Crippen LogP contribution in [0.3, 0.4) is 0 Å². The number of rotatable bonds is 2. The summed E-state index contributed by atoms with van der Waals surface area (Å²) in [5.74, 6) is -0.489. The molecule has 3 rings (SSSR count). The number of hydrogen-bond donors (Lipinski definition) is 0. The van der Waals surface area contributed by atoms with Gasteiger partial charge in [-0.1, -0.05) is 24.3 Å². The second-order valence-corrected chi connectivity index (χ2v) is 4.29. The molecule has 3 nitrogen and oxygen atoms in total. The van der Waals surface area contributed by atoms with Gasteiger partial charge in [0, 0.05) is 5.39 Å². The molecular formula is C15H10FN3. The highest BCUT2D eigenvalue weighted by Gasteiger charge is 2.06. The summed E-state index contributed by atoms with van der Waals surface area (Å²) in [7, 11) is 0. The second kappa shape index (κ2) is 4.54. The van der Waals surface area contributed by atoms with E-state index in [1.165, 1.54) is 6.07 Å². The predicted molar refractivity (Wildman–Crippen MR) is 70.0 cm³/mol. The number of fused-ring (bicyclic) bond motifs is 1. The number of hydrogen-bond acceptors (Lipinski definition) is 2. The predicted octanol–water partition coefficient (Wildman–Crippen LogP) is 3.10. The van der Waals surface area contributed by atoms with Crippen molar-refractivity contribution < 1.29 is 4.39 Å². The van der Waals surface area contributed by atoms with Gasteiger partial charge in [-0.15, -0.1) is 0 Å². The molecule has 2 aromatic carbocycles. The lowest BCUT2D eigenvalue weighted by molar-refractivity contribution is 0.621. The molecule has 0 spiro atoms. The molecule has 0 radical (unpaired) electrons. The van der Waals surface area contributed by atoms with Crippen molar-refractivity contribution in [3.05, 3.63) is 65.6 Å². The fourth-order valence-electron chi connectivity index (χ4n) is 2.08. The van der Waals surface area contributed by atoms with Crippen LogP contribution in [0.25, 0.3) is 10.9 Å². The topological polar surface area (TPSA) is 41.6 Å². The molecule has 3 aromatic rings. The molecule has 1 heterocycles. The number of nitriles is 1. The molecule has 0 saturated heterocycles. The first-order valence-electron chi connectivity index (χ1n) is 5.87. The van der Waals surface area contributed by atoms with Crippen molar-refractivity contribution in [3.8, 4) is 6.07 Å². The van der Waals surface area contributed by atoms with Gasteiger partial charge in [-0.3, -0.25) is 4.68 Å². The Morgan fingerprint density at radius 2 is 2.05 bits per heavy atom. The average molecular weight is 251 g/mol. The van der Waals surface area contributed by atoms with Gasteiger partial charge in [-0.2, -0.15) is 10.4 Å². The smallest absolute Gasteiger partial charge is 0.140 e. The number of para-hydroxylation sites is 1. The molecule has 0 saturated carbocycles. The maximum absolute atomic E-state index is 13.3. The Balaban J connectivity index is 2.00. The quantitative estimate of drug-likeness (QED) is 0.702. The molecule has 92 valence electrons. The third-order valence-electron chi connectivity index (χ3n) is 3.03. The summed E-state index contributed by atoms with van der Waals surface area (Å²) >= 11 is 0. The van der Waals surface area contributed by atoms with Crippen LogP contribution in [-0.4, -0.2) is 9.78 Å². The van der Waals surface area contributed by atoms with Crippen LogP contribution in [0.4, 0.5) is 4.39 Å². The summed E-state index contributed by atoms with van der Waals surface area (Å²) in [5, 5.41) is 14.2. The molecule has 4 heteroatoms. The number of aromatic nitrogens is 2. The van der Waals surface area contributed by atoms with Crippen LogP contribution in [0.1, 0.15) is 11.1 Å². The van der Waals surface area contributed by atoms with Crippen molar-refractivity contribution in [2.24, 2.45) is 0 Å². The number of nitrogens with zero attached hydrogens (tertiary/aromatic N) is 3. The lowest BCUT2D eigenvalue weighted by Crippen LogP contribution is -2.02. The highest BCUT2D eigenvalue weighted by atomic mass is 19.1. The maximum Gasteiger partial charge on any atom is 0.140 e. The normalized spacial score (nSPS) is 10.5. The van der Waals surface area contributed by atoms with Gasteiger partial charge in [0.05, 0.1) is 23.8 Å². The molecule has 0 amide bonds. The molecule has 0 fully saturated rings. The van der Waals surface area contributed by atoms with Gasteiger partial charge in [0.25, 0.3) is 0 Å². The summed E-state index contributed by atoms with van der Waals surface area (Å²) in [6, 6.07) is 14.3. The molecule has 0 N–H and O–H groups in total. The van der Waals surface area contributed by atoms with Crippen LogP contribution in [0.15, 0.2) is 48.7 Å². The Morgan fingerprint density at radius 1 is 1.21 bits per heavy atom. The van der Waals surface area contributed by atoms with E-state index < -0.39 is 5.82 Å². The summed E-state index contributed by atoms with van der Waals surface area (Å²) in [4.78, 5) is 0. The molecule has 0 bridgehead atoms. The first-order chi connectivity index (χ1) is 9.28. The highest BCUT2D eigenvalue weighted by molar-refractivity contribution is 5.78. The standard InChI is InChI=1S/C15H10FN3/c16-14-6-5-11(7-13(14)8-17)10-19-15-4-2-1-3-12(15)9-18-19/h1-7,9H,10H2. The van der Waals surface area contributed by atoms with E-state index in [-0.39, 0.29) is 5.56 Å². The first kappa shape index (κ1) is 11.4. The molecule has 0 aliphatic carbocycles. The van der Waals surface area contributed by atoms with Crippen LogP contribution < -0.4 is 0 Å². The Labute approximate surface area is 109 Å². The average Bonchev–Trinajstić information content (AvgIpc) is 2.84. The summed E-state index contributed by atoms with van der Waals surface area (Å²) < 4.78 is 15.1. The van der Waals surface area contributed by atoms with Crippen LogP contribution >= 0.6 is 0 Å². The maximum atomic E-state index is 13.3. The SMILES string of the molecule is N#Cc1cc(Cn2ncc3ccccc32)ccc1F. The number of benzene rings is 2. The van der Waals surface area contributed by atoms with Gasteiger partial charge in [-0.25, -0.2) is 4.39 Å². The zero-order valence-electron chi connectivity index (χ0n) is 10.0. The van der Waals surface area contributed by atoms with Gasteiger partial charge in [0.1, 0.15) is 11.9 Å². The van der Waals surface area contributed by atoms with E-state index in [2.05, 4.69) is 5.10 Å². The fourth-order valence-corrected chi connectivity index (χ4v) is 2.08. The molecule has 0 aliphatic rings. The first-order valence-corrected chi connectivity index (χ1v) is 5.87. The van der Waals surface area contributed by atoms with Gasteiger partial charge in [0.2, 0.25) is 0 Å². The van der Waals surface area contributed by atoms with Crippen molar-refractivity contribution in [1.29, 1.82) is 5.26 Å². The zero-order chi connectivity index (χ0) is 13.2. The molecule has 0 aliphatic heterocycles. The van der Waals surface area contributed by atoms with E-state index in [0.29, 0.717) is 6.54 Å². The van der Waals surface area contributed by atoms with Crippen LogP contribution in [0.2, 0.25) is 0 Å². The van der Waals surface area contributed by atoms with Crippen molar-refractivity contribution in [2.75, 3.05) is 0 Å². The third-order valence-corrected chi connectivity index (χ3v) is 3.03. The molecule has 19 heavy (non-hydrogen) atoms. The highest BCUT2D eigenvalue weighted by Crippen LogP contribution is 2.16. The Kier molecular flexibility index (Phi) is 2.73. The van der Waals surface area contributed by atoms with Crippen molar-refractivity contribution in [1.82, 2.24) is 9.78 Å². The Morgan fingerprint density at radius 3 is 2.89 bits per heavy atom. The lowest BCUT2D eigenvalue weighted by atomic mass is 10.1. The van der Waals surface area contributed by atoms with E-state index in [4.69, 9.17) is 5.26 Å². The Bertz CT molecular complexity index is 783. The summed E-state index contributed by atoms with van der Waals surface area (Å²) in [5.41, 5.74) is 1.94. The van der Waals surface area contributed by atoms with Crippen molar-refractivity contribution >= 4 is 10.9 Å². The van der Waals surface area contributed by atoms with E-state index in [1.54, 1.807) is 18.3 Å². The van der Waals surface area contributed by atoms with E-state index >= 15 is 0 Å². The van der Waals surface area contributed by atoms with E-state index in [0.717, 1.165) is 16.5 Å². The second-order valence-electron chi connectivity index (χ2n) is 4.29. The summed E-state index contributed by atoms with van der Waals surface area (Å²) in [6.07, 6.45) is 1.80. The summed E-state index contributed by atoms with van der Waals surface area (Å²) in [6.45, 7) is 0.516. The van der Waals surface area contributed by atoms with Crippen LogP contribution in [0, 0.1) is 17.1 Å². The Hall–Kier alpha value is -2.67. The zero-order valence-corrected chi connectivity index (χ0v) is 10.0. The molecule has 0 unspecified atom stereocenters. The van der Waals surface area contributed by atoms with Crippen molar-refractivity contribution in [3.63, 3.8) is 0 Å². The van der Waals surface area contributed by atoms with Crippen LogP contribution in [-0.2, 0) is 6.54 Å². The molecule has 1 aromatic heterocycles. The van der Waals surface area contributed by atoms with Gasteiger partial charge in [0.15, 0.2) is 0 Å². The minimum absolute atomic E-state index is 0.0639. The monoisotopic (exact) mass is 251 g/mol. The van der Waals surface area contributed by atoms with Crippen molar-refractivity contribution in [2.45, 2.75) is 6.54 Å². The molecule has 0 atom stereocenters. The largest absolute Gasteiger partial charge is 0.260 e. The van der Waals surface area contributed by atoms with E-state index in [1.807, 2.05) is 35.0 Å². The minimum Gasteiger partial charge on any atom is -0.260 e. The van der Waals surface area contributed by atoms with Gasteiger partial charge in [-0.05, 0) is 23.8 Å². The third kappa shape index (κ3) is 2.06. The van der Waals surface area contributed by atoms with Gasteiger partial charge >= 0.3 is 0 Å².